The molecule has 2 unspecified atom stereocenters. The molecule has 2 rings (SSSR count). The summed E-state index contributed by atoms with van der Waals surface area (Å²) >= 11 is 0. The van der Waals surface area contributed by atoms with Gasteiger partial charge in [-0.15, -0.1) is 0 Å². The largest absolute Gasteiger partial charge is 0.316 e. The Morgan fingerprint density at radius 2 is 2.09 bits per heavy atom. The van der Waals surface area contributed by atoms with E-state index in [1.165, 1.54) is 38.8 Å². The Morgan fingerprint density at radius 1 is 1.27 bits per heavy atom. The van der Waals surface area contributed by atoms with E-state index in [1.807, 2.05) is 0 Å². The summed E-state index contributed by atoms with van der Waals surface area (Å²) in [6.45, 7) is 7.38. The molecule has 0 bridgehead atoms. The van der Waals surface area contributed by atoms with Gasteiger partial charge in [0.05, 0.1) is 0 Å². The molecular weight excluding hydrogens is 134 g/mol. The van der Waals surface area contributed by atoms with Crippen LogP contribution in [-0.4, -0.2) is 13.1 Å². The third kappa shape index (κ3) is 0.807. The Bertz CT molecular complexity index is 152. The lowest BCUT2D eigenvalue weighted by Crippen LogP contribution is -2.32. The van der Waals surface area contributed by atoms with Crippen LogP contribution in [0.4, 0.5) is 0 Å². The molecule has 1 nitrogen and oxygen atoms in total. The third-order valence-corrected chi connectivity index (χ3v) is 4.32. The van der Waals surface area contributed by atoms with Crippen LogP contribution in [0.3, 0.4) is 0 Å². The molecule has 0 aromatic heterocycles. The first-order chi connectivity index (χ1) is 5.22. The van der Waals surface area contributed by atoms with Crippen LogP contribution in [0.15, 0.2) is 0 Å². The fourth-order valence-electron chi connectivity index (χ4n) is 3.27. The molecule has 1 saturated carbocycles. The third-order valence-electron chi connectivity index (χ3n) is 4.32. The van der Waals surface area contributed by atoms with E-state index in [2.05, 4.69) is 19.2 Å². The van der Waals surface area contributed by atoms with Crippen LogP contribution in [0.5, 0.6) is 0 Å². The highest BCUT2D eigenvalue weighted by Crippen LogP contribution is 2.56. The minimum atomic E-state index is 0.641. The van der Waals surface area contributed by atoms with Gasteiger partial charge in [-0.2, -0.15) is 0 Å². The lowest BCUT2D eigenvalue weighted by molar-refractivity contribution is 0.152. The second kappa shape index (κ2) is 2.22. The minimum absolute atomic E-state index is 0.641. The molecule has 1 aliphatic carbocycles. The first-order valence-electron chi connectivity index (χ1n) is 4.93. The monoisotopic (exact) mass is 153 g/mol. The molecular formula is C10H19N. The van der Waals surface area contributed by atoms with Gasteiger partial charge in [-0.25, -0.2) is 0 Å². The highest BCUT2D eigenvalue weighted by molar-refractivity contribution is 5.06. The average molecular weight is 153 g/mol. The molecule has 11 heavy (non-hydrogen) atoms. The Kier molecular flexibility index (Phi) is 1.54. The summed E-state index contributed by atoms with van der Waals surface area (Å²) in [5.41, 5.74) is 1.31. The summed E-state index contributed by atoms with van der Waals surface area (Å²) in [5, 5.41) is 3.56. The van der Waals surface area contributed by atoms with Crippen molar-refractivity contribution in [2.75, 3.05) is 13.1 Å². The van der Waals surface area contributed by atoms with Gasteiger partial charge < -0.3 is 5.32 Å². The molecule has 0 aromatic carbocycles. The van der Waals surface area contributed by atoms with Crippen LogP contribution in [0.1, 0.15) is 39.5 Å². The topological polar surface area (TPSA) is 12.0 Å². The SMILES string of the molecule is CCC12CCCC1(C)CNC2. The van der Waals surface area contributed by atoms with Crippen molar-refractivity contribution < 1.29 is 0 Å². The van der Waals surface area contributed by atoms with E-state index in [0.717, 1.165) is 0 Å². The zero-order valence-corrected chi connectivity index (χ0v) is 7.74. The molecule has 2 aliphatic rings. The van der Waals surface area contributed by atoms with Gasteiger partial charge in [0, 0.05) is 13.1 Å². The highest BCUT2D eigenvalue weighted by atomic mass is 15.0. The van der Waals surface area contributed by atoms with Gasteiger partial charge in [-0.3, -0.25) is 0 Å². The summed E-state index contributed by atoms with van der Waals surface area (Å²) < 4.78 is 0. The molecule has 0 radical (unpaired) electrons. The van der Waals surface area contributed by atoms with Gasteiger partial charge in [0.1, 0.15) is 0 Å². The number of hydrogen-bond acceptors (Lipinski definition) is 1. The Labute approximate surface area is 69.6 Å². The second-order valence-corrected chi connectivity index (χ2v) is 4.65. The first kappa shape index (κ1) is 7.60. The van der Waals surface area contributed by atoms with Crippen LogP contribution in [0.2, 0.25) is 0 Å². The maximum absolute atomic E-state index is 3.56. The van der Waals surface area contributed by atoms with E-state index in [-0.39, 0.29) is 0 Å². The van der Waals surface area contributed by atoms with E-state index in [9.17, 15) is 0 Å². The highest BCUT2D eigenvalue weighted by Gasteiger charge is 2.53. The number of hydrogen-bond donors (Lipinski definition) is 1. The summed E-state index contributed by atoms with van der Waals surface area (Å²) in [6, 6.07) is 0. The molecule has 64 valence electrons. The second-order valence-electron chi connectivity index (χ2n) is 4.65. The molecule has 0 aromatic rings. The fraction of sp³-hybridized carbons (Fsp3) is 1.00. The van der Waals surface area contributed by atoms with Crippen LogP contribution >= 0.6 is 0 Å². The molecule has 0 amide bonds. The van der Waals surface area contributed by atoms with Crippen molar-refractivity contribution in [2.24, 2.45) is 10.8 Å². The predicted molar refractivity (Wildman–Crippen MR) is 47.6 cm³/mol. The molecule has 0 spiro atoms. The first-order valence-corrected chi connectivity index (χ1v) is 4.93. The predicted octanol–water partition coefficient (Wildman–Crippen LogP) is 2.18. The van der Waals surface area contributed by atoms with Crippen molar-refractivity contribution in [3.63, 3.8) is 0 Å². The maximum atomic E-state index is 3.56. The normalized spacial score (nSPS) is 49.6. The Hall–Kier alpha value is -0.0400. The van der Waals surface area contributed by atoms with Crippen LogP contribution in [-0.2, 0) is 0 Å². The standard InChI is InChI=1S/C10H19N/c1-3-10-6-4-5-9(10,2)7-11-8-10/h11H,3-8H2,1-2H3. The quantitative estimate of drug-likeness (QED) is 0.609. The Balaban J connectivity index is 2.28. The van der Waals surface area contributed by atoms with Gasteiger partial charge in [0.25, 0.3) is 0 Å². The lowest BCUT2D eigenvalue weighted by Gasteiger charge is -2.35. The number of rotatable bonds is 1. The van der Waals surface area contributed by atoms with Crippen molar-refractivity contribution in [1.29, 1.82) is 0 Å². The molecule has 1 heterocycles. The molecule has 2 fully saturated rings. The van der Waals surface area contributed by atoms with Crippen LogP contribution in [0, 0.1) is 10.8 Å². The van der Waals surface area contributed by atoms with Gasteiger partial charge in [0.2, 0.25) is 0 Å². The number of nitrogens with one attached hydrogen (secondary N) is 1. The lowest BCUT2D eigenvalue weighted by atomic mass is 9.68. The summed E-state index contributed by atoms with van der Waals surface area (Å²) in [7, 11) is 0. The van der Waals surface area contributed by atoms with Crippen molar-refractivity contribution in [1.82, 2.24) is 5.32 Å². The fourth-order valence-corrected chi connectivity index (χ4v) is 3.27. The molecule has 1 saturated heterocycles. The average Bonchev–Trinajstić information content (AvgIpc) is 2.41. The van der Waals surface area contributed by atoms with Gasteiger partial charge >= 0.3 is 0 Å². The maximum Gasteiger partial charge on any atom is 0.00136 e. The van der Waals surface area contributed by atoms with E-state index in [1.54, 1.807) is 0 Å². The van der Waals surface area contributed by atoms with E-state index in [4.69, 9.17) is 0 Å². The van der Waals surface area contributed by atoms with E-state index in [0.29, 0.717) is 10.8 Å². The smallest absolute Gasteiger partial charge is 0.00136 e. The zero-order valence-electron chi connectivity index (χ0n) is 7.74. The Morgan fingerprint density at radius 3 is 2.73 bits per heavy atom. The zero-order chi connectivity index (χ0) is 7.95. The number of fused-ring (bicyclic) bond motifs is 1. The summed E-state index contributed by atoms with van der Waals surface area (Å²) in [6.07, 6.45) is 5.75. The van der Waals surface area contributed by atoms with Crippen molar-refractivity contribution in [3.05, 3.63) is 0 Å². The van der Waals surface area contributed by atoms with Crippen molar-refractivity contribution in [3.8, 4) is 0 Å². The minimum Gasteiger partial charge on any atom is -0.316 e. The van der Waals surface area contributed by atoms with Gasteiger partial charge in [-0.1, -0.05) is 20.3 Å². The van der Waals surface area contributed by atoms with Gasteiger partial charge in [0.15, 0.2) is 0 Å². The molecule has 1 N–H and O–H groups in total. The molecule has 1 aliphatic heterocycles. The van der Waals surface area contributed by atoms with Crippen LogP contribution in [0.25, 0.3) is 0 Å². The summed E-state index contributed by atoms with van der Waals surface area (Å²) in [5.74, 6) is 0. The van der Waals surface area contributed by atoms with E-state index >= 15 is 0 Å². The van der Waals surface area contributed by atoms with E-state index < -0.39 is 0 Å². The van der Waals surface area contributed by atoms with Crippen molar-refractivity contribution >= 4 is 0 Å². The van der Waals surface area contributed by atoms with Gasteiger partial charge in [-0.05, 0) is 30.1 Å². The molecule has 2 atom stereocenters. The molecule has 1 heteroatoms. The van der Waals surface area contributed by atoms with Crippen LogP contribution < -0.4 is 5.32 Å². The van der Waals surface area contributed by atoms with Crippen molar-refractivity contribution in [2.45, 2.75) is 39.5 Å². The summed E-state index contributed by atoms with van der Waals surface area (Å²) in [4.78, 5) is 0.